The van der Waals surface area contributed by atoms with Crippen LogP contribution >= 0.6 is 0 Å². The molecule has 2 heterocycles. The third-order valence-corrected chi connectivity index (χ3v) is 7.50. The first kappa shape index (κ1) is 21.8. The second-order valence-corrected chi connectivity index (χ2v) is 9.35. The van der Waals surface area contributed by atoms with Crippen LogP contribution in [0.25, 0.3) is 11.3 Å². The largest absolute Gasteiger partial charge is 0.352 e. The smallest absolute Gasteiger partial charge is 0.289 e. The number of nitro benzene ring substituents is 1. The topological polar surface area (TPSA) is 110 Å². The minimum absolute atomic E-state index is 0.205. The lowest BCUT2D eigenvalue weighted by Crippen LogP contribution is -2.49. The summed E-state index contributed by atoms with van der Waals surface area (Å²) in [6.45, 7) is 3.35. The molecule has 1 aliphatic rings. The molecule has 32 heavy (non-hydrogen) atoms. The molecule has 0 bridgehead atoms. The van der Waals surface area contributed by atoms with Crippen LogP contribution in [-0.2, 0) is 16.4 Å². The highest BCUT2D eigenvalue weighted by molar-refractivity contribution is 7.89. The summed E-state index contributed by atoms with van der Waals surface area (Å²) >= 11 is 0. The average Bonchev–Trinajstić information content (AvgIpc) is 2.84. The summed E-state index contributed by atoms with van der Waals surface area (Å²) in [7, 11) is -3.96. The third kappa shape index (κ3) is 4.32. The van der Waals surface area contributed by atoms with Crippen LogP contribution in [0.1, 0.15) is 12.5 Å². The van der Waals surface area contributed by atoms with Crippen molar-refractivity contribution in [2.24, 2.45) is 0 Å². The maximum absolute atomic E-state index is 13.0. The summed E-state index contributed by atoms with van der Waals surface area (Å²) in [4.78, 5) is 12.3. The Bertz CT molecular complexity index is 1210. The molecule has 1 fully saturated rings. The monoisotopic (exact) mass is 453 g/mol. The number of hydrogen-bond donors (Lipinski definition) is 0. The number of sulfonamides is 1. The first-order chi connectivity index (χ1) is 15.4. The van der Waals surface area contributed by atoms with Crippen molar-refractivity contribution in [1.29, 1.82) is 0 Å². The molecule has 0 radical (unpaired) electrons. The van der Waals surface area contributed by atoms with Crippen molar-refractivity contribution < 1.29 is 13.3 Å². The summed E-state index contributed by atoms with van der Waals surface area (Å²) in [5.74, 6) is 0.668. The Balaban J connectivity index is 1.45. The predicted molar refractivity (Wildman–Crippen MR) is 121 cm³/mol. The Hall–Kier alpha value is -3.37. The average molecular weight is 454 g/mol. The minimum atomic E-state index is -3.96. The molecule has 9 nitrogen and oxygen atoms in total. The normalized spacial score (nSPS) is 15.0. The van der Waals surface area contributed by atoms with Crippen molar-refractivity contribution in [2.45, 2.75) is 18.2 Å². The molecule has 3 aromatic rings. The fourth-order valence-electron chi connectivity index (χ4n) is 3.68. The summed E-state index contributed by atoms with van der Waals surface area (Å²) in [6.07, 6.45) is 0.976. The number of para-hydroxylation sites is 1. The first-order valence-electron chi connectivity index (χ1n) is 10.3. The minimum Gasteiger partial charge on any atom is -0.352 e. The standard InChI is InChI=1S/C22H23N5O4S/c1-2-17-7-9-18(10-8-17)19-11-12-22(24-23-19)25-13-15-26(16-14-25)32(30,31)21-6-4-3-5-20(21)27(28)29/h3-12H,2,13-16H2,1H3. The van der Waals surface area contributed by atoms with Crippen molar-refractivity contribution in [3.8, 4) is 11.3 Å². The highest BCUT2D eigenvalue weighted by Gasteiger charge is 2.33. The quantitative estimate of drug-likeness (QED) is 0.417. The highest BCUT2D eigenvalue weighted by Crippen LogP contribution is 2.27. The van der Waals surface area contributed by atoms with E-state index in [9.17, 15) is 18.5 Å². The number of aryl methyl sites for hydroxylation is 1. The first-order valence-corrected chi connectivity index (χ1v) is 11.8. The van der Waals surface area contributed by atoms with E-state index >= 15 is 0 Å². The van der Waals surface area contributed by atoms with E-state index in [-0.39, 0.29) is 18.0 Å². The molecule has 4 rings (SSSR count). The Morgan fingerprint density at radius 1 is 0.938 bits per heavy atom. The van der Waals surface area contributed by atoms with Crippen molar-refractivity contribution >= 4 is 21.5 Å². The zero-order valence-electron chi connectivity index (χ0n) is 17.6. The Labute approximate surface area is 186 Å². The summed E-state index contributed by atoms with van der Waals surface area (Å²) < 4.78 is 27.2. The Morgan fingerprint density at radius 2 is 1.62 bits per heavy atom. The van der Waals surface area contributed by atoms with Gasteiger partial charge in [0.2, 0.25) is 10.0 Å². The van der Waals surface area contributed by atoms with Gasteiger partial charge in [0.25, 0.3) is 5.69 Å². The van der Waals surface area contributed by atoms with E-state index in [4.69, 9.17) is 0 Å². The van der Waals surface area contributed by atoms with Gasteiger partial charge in [-0.2, -0.15) is 4.31 Å². The van der Waals surface area contributed by atoms with Gasteiger partial charge >= 0.3 is 0 Å². The lowest BCUT2D eigenvalue weighted by Gasteiger charge is -2.34. The molecular weight excluding hydrogens is 430 g/mol. The van der Waals surface area contributed by atoms with Crippen LogP contribution in [0.5, 0.6) is 0 Å². The third-order valence-electron chi connectivity index (χ3n) is 5.55. The van der Waals surface area contributed by atoms with Gasteiger partial charge in [-0.1, -0.05) is 43.3 Å². The van der Waals surface area contributed by atoms with E-state index in [0.717, 1.165) is 17.7 Å². The molecule has 0 N–H and O–H groups in total. The van der Waals surface area contributed by atoms with Crippen molar-refractivity contribution in [3.63, 3.8) is 0 Å². The maximum Gasteiger partial charge on any atom is 0.289 e. The Morgan fingerprint density at radius 3 is 2.22 bits per heavy atom. The highest BCUT2D eigenvalue weighted by atomic mass is 32.2. The van der Waals surface area contributed by atoms with Crippen LogP contribution in [0, 0.1) is 10.1 Å². The zero-order chi connectivity index (χ0) is 22.7. The lowest BCUT2D eigenvalue weighted by atomic mass is 10.1. The van der Waals surface area contributed by atoms with Gasteiger partial charge < -0.3 is 4.90 Å². The fourth-order valence-corrected chi connectivity index (χ4v) is 5.26. The van der Waals surface area contributed by atoms with Crippen LogP contribution in [0.4, 0.5) is 11.5 Å². The molecule has 10 heteroatoms. The molecule has 1 aliphatic heterocycles. The van der Waals surface area contributed by atoms with E-state index in [2.05, 4.69) is 29.3 Å². The van der Waals surface area contributed by atoms with Crippen molar-refractivity contribution in [3.05, 3.63) is 76.3 Å². The molecular formula is C22H23N5O4S. The SMILES string of the molecule is CCc1ccc(-c2ccc(N3CCN(S(=O)(=O)c4ccccc4[N+](=O)[O-])CC3)nn2)cc1. The second kappa shape index (κ2) is 9.01. The van der Waals surface area contributed by atoms with Crippen LogP contribution in [0.15, 0.2) is 65.6 Å². The number of rotatable bonds is 6. The molecule has 1 aromatic heterocycles. The molecule has 0 aliphatic carbocycles. The van der Waals surface area contributed by atoms with Crippen LogP contribution in [0.2, 0.25) is 0 Å². The number of nitrogens with zero attached hydrogens (tertiary/aromatic N) is 5. The number of hydrogen-bond acceptors (Lipinski definition) is 7. The van der Waals surface area contributed by atoms with Gasteiger partial charge in [0, 0.05) is 37.8 Å². The molecule has 0 saturated carbocycles. The van der Waals surface area contributed by atoms with Gasteiger partial charge in [0.1, 0.15) is 0 Å². The van der Waals surface area contributed by atoms with Crippen LogP contribution < -0.4 is 4.90 Å². The van der Waals surface area contributed by atoms with E-state index in [1.807, 2.05) is 29.2 Å². The van der Waals surface area contributed by atoms with Gasteiger partial charge in [0.05, 0.1) is 10.6 Å². The molecule has 0 unspecified atom stereocenters. The molecule has 166 valence electrons. The van der Waals surface area contributed by atoms with Gasteiger partial charge in [-0.25, -0.2) is 8.42 Å². The summed E-state index contributed by atoms with van der Waals surface area (Å²) in [6, 6.07) is 17.4. The van der Waals surface area contributed by atoms with Crippen LogP contribution in [-0.4, -0.2) is 54.0 Å². The predicted octanol–water partition coefficient (Wildman–Crippen LogP) is 3.13. The Kier molecular flexibility index (Phi) is 6.15. The molecule has 0 atom stereocenters. The number of nitro groups is 1. The van der Waals surface area contributed by atoms with E-state index in [1.165, 1.54) is 34.1 Å². The molecule has 0 amide bonds. The number of benzene rings is 2. The van der Waals surface area contributed by atoms with Crippen molar-refractivity contribution in [1.82, 2.24) is 14.5 Å². The van der Waals surface area contributed by atoms with Crippen LogP contribution in [0.3, 0.4) is 0 Å². The lowest BCUT2D eigenvalue weighted by molar-refractivity contribution is -0.387. The van der Waals surface area contributed by atoms with Gasteiger partial charge in [-0.15, -0.1) is 10.2 Å². The number of piperazine rings is 1. The zero-order valence-corrected chi connectivity index (χ0v) is 18.4. The van der Waals surface area contributed by atoms with E-state index < -0.39 is 20.6 Å². The van der Waals surface area contributed by atoms with E-state index in [1.54, 1.807) is 0 Å². The van der Waals surface area contributed by atoms with Gasteiger partial charge in [0.15, 0.2) is 10.7 Å². The van der Waals surface area contributed by atoms with Gasteiger partial charge in [-0.05, 0) is 30.2 Å². The summed E-state index contributed by atoms with van der Waals surface area (Å²) in [5.41, 5.74) is 2.60. The molecule has 0 spiro atoms. The maximum atomic E-state index is 13.0. The van der Waals surface area contributed by atoms with Crippen molar-refractivity contribution in [2.75, 3.05) is 31.1 Å². The van der Waals surface area contributed by atoms with E-state index in [0.29, 0.717) is 18.9 Å². The fraction of sp³-hybridized carbons (Fsp3) is 0.273. The number of aromatic nitrogens is 2. The molecule has 2 aromatic carbocycles. The summed E-state index contributed by atoms with van der Waals surface area (Å²) in [5, 5.41) is 19.9. The molecule has 1 saturated heterocycles. The van der Waals surface area contributed by atoms with Gasteiger partial charge in [-0.3, -0.25) is 10.1 Å². The number of anilines is 1. The second-order valence-electron chi connectivity index (χ2n) is 7.44.